The van der Waals surface area contributed by atoms with Crippen molar-refractivity contribution in [2.45, 2.75) is 16.7 Å². The first-order valence-electron chi connectivity index (χ1n) is 5.30. The van der Waals surface area contributed by atoms with Crippen molar-refractivity contribution in [1.29, 1.82) is 0 Å². The van der Waals surface area contributed by atoms with Crippen LogP contribution in [0.15, 0.2) is 34.7 Å². The summed E-state index contributed by atoms with van der Waals surface area (Å²) >= 11 is 1.46. The fourth-order valence-corrected chi connectivity index (χ4v) is 2.06. The molecule has 0 aromatic carbocycles. The topological polar surface area (TPSA) is 72.8 Å². The quantitative estimate of drug-likeness (QED) is 0.821. The molecule has 0 saturated heterocycles. The Kier molecular flexibility index (Phi) is 4.43. The molecule has 0 saturated carbocycles. The normalized spacial score (nSPS) is 10.3. The zero-order valence-corrected chi connectivity index (χ0v) is 10.9. The number of aromatic nitrogens is 4. The summed E-state index contributed by atoms with van der Waals surface area (Å²) in [5.41, 5.74) is 0. The first-order chi connectivity index (χ1) is 8.81. The van der Waals surface area contributed by atoms with E-state index in [4.69, 9.17) is 4.74 Å². The molecule has 94 valence electrons. The number of nitrogens with zero attached hydrogens (tertiary/aromatic N) is 4. The minimum Gasteiger partial charge on any atom is -0.377 e. The van der Waals surface area contributed by atoms with Crippen LogP contribution in [0.3, 0.4) is 0 Å². The standard InChI is InChI=1S/C11H13N5OS/c1-12-8-5-11(16-9(15-8)6-17-2)18-10-3-4-13-7-14-10/h3-5,7H,6H2,1-2H3,(H,12,15,16). The molecule has 0 bridgehead atoms. The van der Waals surface area contributed by atoms with E-state index in [1.54, 1.807) is 13.3 Å². The Morgan fingerprint density at radius 3 is 2.89 bits per heavy atom. The predicted octanol–water partition coefficient (Wildman–Crippen LogP) is 1.61. The van der Waals surface area contributed by atoms with Gasteiger partial charge in [-0.3, -0.25) is 0 Å². The molecule has 0 fully saturated rings. The maximum absolute atomic E-state index is 5.04. The van der Waals surface area contributed by atoms with Gasteiger partial charge < -0.3 is 10.1 Å². The molecule has 0 atom stereocenters. The average Bonchev–Trinajstić information content (AvgIpc) is 2.40. The van der Waals surface area contributed by atoms with Crippen LogP contribution in [-0.4, -0.2) is 34.1 Å². The van der Waals surface area contributed by atoms with Crippen molar-refractivity contribution < 1.29 is 4.74 Å². The Bertz CT molecular complexity index is 508. The van der Waals surface area contributed by atoms with Crippen LogP contribution in [0.5, 0.6) is 0 Å². The van der Waals surface area contributed by atoms with Gasteiger partial charge in [-0.1, -0.05) is 0 Å². The SMILES string of the molecule is CNc1cc(Sc2ccncn2)nc(COC)n1. The summed E-state index contributed by atoms with van der Waals surface area (Å²) in [5.74, 6) is 1.40. The summed E-state index contributed by atoms with van der Waals surface area (Å²) in [5, 5.41) is 4.66. The van der Waals surface area contributed by atoms with E-state index in [0.717, 1.165) is 15.9 Å². The Morgan fingerprint density at radius 1 is 1.33 bits per heavy atom. The molecule has 0 aliphatic rings. The number of rotatable bonds is 5. The Labute approximate surface area is 109 Å². The number of nitrogens with one attached hydrogen (secondary N) is 1. The molecule has 7 heteroatoms. The second-order valence-corrected chi connectivity index (χ2v) is 4.38. The van der Waals surface area contributed by atoms with E-state index in [9.17, 15) is 0 Å². The van der Waals surface area contributed by atoms with Gasteiger partial charge in [0.2, 0.25) is 0 Å². The van der Waals surface area contributed by atoms with Crippen LogP contribution in [-0.2, 0) is 11.3 Å². The molecular weight excluding hydrogens is 250 g/mol. The van der Waals surface area contributed by atoms with Crippen LogP contribution in [0.1, 0.15) is 5.82 Å². The number of hydrogen-bond donors (Lipinski definition) is 1. The highest BCUT2D eigenvalue weighted by atomic mass is 32.2. The van der Waals surface area contributed by atoms with Gasteiger partial charge in [0.25, 0.3) is 0 Å². The molecule has 6 nitrogen and oxygen atoms in total. The smallest absolute Gasteiger partial charge is 0.157 e. The van der Waals surface area contributed by atoms with Crippen LogP contribution in [0.4, 0.5) is 5.82 Å². The molecule has 18 heavy (non-hydrogen) atoms. The van der Waals surface area contributed by atoms with E-state index < -0.39 is 0 Å². The molecule has 0 amide bonds. The van der Waals surface area contributed by atoms with Crippen LogP contribution < -0.4 is 5.32 Å². The Morgan fingerprint density at radius 2 is 2.22 bits per heavy atom. The van der Waals surface area contributed by atoms with Gasteiger partial charge in [0, 0.05) is 26.4 Å². The van der Waals surface area contributed by atoms with Crippen LogP contribution in [0.25, 0.3) is 0 Å². The summed E-state index contributed by atoms with van der Waals surface area (Å²) in [6.45, 7) is 0.382. The second kappa shape index (κ2) is 6.27. The van der Waals surface area contributed by atoms with Gasteiger partial charge in [0.1, 0.15) is 28.8 Å². The van der Waals surface area contributed by atoms with Crippen molar-refractivity contribution in [2.75, 3.05) is 19.5 Å². The third kappa shape index (κ3) is 3.38. The van der Waals surface area contributed by atoms with Gasteiger partial charge in [-0.05, 0) is 17.8 Å². The van der Waals surface area contributed by atoms with E-state index in [1.807, 2.05) is 19.2 Å². The Balaban J connectivity index is 2.24. The lowest BCUT2D eigenvalue weighted by Crippen LogP contribution is -2.02. The summed E-state index contributed by atoms with van der Waals surface area (Å²) < 4.78 is 5.04. The zero-order valence-electron chi connectivity index (χ0n) is 10.1. The largest absolute Gasteiger partial charge is 0.377 e. The molecule has 2 aromatic rings. The van der Waals surface area contributed by atoms with Crippen molar-refractivity contribution in [1.82, 2.24) is 19.9 Å². The maximum Gasteiger partial charge on any atom is 0.157 e. The van der Waals surface area contributed by atoms with Crippen molar-refractivity contribution >= 4 is 17.6 Å². The minimum atomic E-state index is 0.382. The predicted molar refractivity (Wildman–Crippen MR) is 68.4 cm³/mol. The summed E-state index contributed by atoms with van der Waals surface area (Å²) in [6.07, 6.45) is 3.21. The molecular formula is C11H13N5OS. The van der Waals surface area contributed by atoms with Crippen LogP contribution >= 0.6 is 11.8 Å². The van der Waals surface area contributed by atoms with Crippen molar-refractivity contribution in [3.8, 4) is 0 Å². The van der Waals surface area contributed by atoms with Crippen molar-refractivity contribution in [2.24, 2.45) is 0 Å². The third-order valence-electron chi connectivity index (χ3n) is 2.04. The van der Waals surface area contributed by atoms with E-state index >= 15 is 0 Å². The van der Waals surface area contributed by atoms with Gasteiger partial charge in [0.05, 0.1) is 0 Å². The van der Waals surface area contributed by atoms with Gasteiger partial charge >= 0.3 is 0 Å². The highest BCUT2D eigenvalue weighted by molar-refractivity contribution is 7.99. The first kappa shape index (κ1) is 12.7. The summed E-state index contributed by atoms with van der Waals surface area (Å²) in [6, 6.07) is 3.70. The molecule has 1 N–H and O–H groups in total. The van der Waals surface area contributed by atoms with Gasteiger partial charge in [0.15, 0.2) is 5.82 Å². The van der Waals surface area contributed by atoms with E-state index in [-0.39, 0.29) is 0 Å². The summed E-state index contributed by atoms with van der Waals surface area (Å²) in [7, 11) is 3.44. The van der Waals surface area contributed by atoms with E-state index in [1.165, 1.54) is 18.1 Å². The van der Waals surface area contributed by atoms with Crippen molar-refractivity contribution in [3.05, 3.63) is 30.5 Å². The lowest BCUT2D eigenvalue weighted by Gasteiger charge is -2.06. The molecule has 0 aliphatic carbocycles. The van der Waals surface area contributed by atoms with Crippen LogP contribution in [0, 0.1) is 0 Å². The molecule has 0 radical (unpaired) electrons. The fourth-order valence-electron chi connectivity index (χ4n) is 1.29. The first-order valence-corrected chi connectivity index (χ1v) is 6.12. The number of ether oxygens (including phenoxy) is 1. The zero-order chi connectivity index (χ0) is 12.8. The fraction of sp³-hybridized carbons (Fsp3) is 0.273. The molecule has 0 spiro atoms. The summed E-state index contributed by atoms with van der Waals surface area (Å²) in [4.78, 5) is 16.7. The van der Waals surface area contributed by atoms with Gasteiger partial charge in [-0.2, -0.15) is 0 Å². The third-order valence-corrected chi connectivity index (χ3v) is 2.91. The van der Waals surface area contributed by atoms with Gasteiger partial charge in [-0.15, -0.1) is 0 Å². The van der Waals surface area contributed by atoms with Crippen molar-refractivity contribution in [3.63, 3.8) is 0 Å². The van der Waals surface area contributed by atoms with E-state index in [2.05, 4.69) is 25.3 Å². The molecule has 2 heterocycles. The van der Waals surface area contributed by atoms with Crippen LogP contribution in [0.2, 0.25) is 0 Å². The monoisotopic (exact) mass is 263 g/mol. The van der Waals surface area contributed by atoms with Gasteiger partial charge in [-0.25, -0.2) is 19.9 Å². The Hall–Kier alpha value is -1.73. The molecule has 2 aromatic heterocycles. The maximum atomic E-state index is 5.04. The molecule has 0 unspecified atom stereocenters. The number of methoxy groups -OCH3 is 1. The average molecular weight is 263 g/mol. The minimum absolute atomic E-state index is 0.382. The number of anilines is 1. The second-order valence-electron chi connectivity index (χ2n) is 3.34. The molecule has 0 aliphatic heterocycles. The number of hydrogen-bond acceptors (Lipinski definition) is 7. The lowest BCUT2D eigenvalue weighted by atomic mass is 10.5. The highest BCUT2D eigenvalue weighted by Crippen LogP contribution is 2.25. The van der Waals surface area contributed by atoms with E-state index in [0.29, 0.717) is 12.4 Å². The lowest BCUT2D eigenvalue weighted by molar-refractivity contribution is 0.177. The highest BCUT2D eigenvalue weighted by Gasteiger charge is 2.06. The molecule has 2 rings (SSSR count).